The number of ether oxygens (including phenoxy) is 1. The minimum absolute atomic E-state index is 0.413. The van der Waals surface area contributed by atoms with Gasteiger partial charge in [-0.25, -0.2) is 4.98 Å². The van der Waals surface area contributed by atoms with E-state index < -0.39 is 6.10 Å². The summed E-state index contributed by atoms with van der Waals surface area (Å²) in [5.41, 5.74) is 0.946. The van der Waals surface area contributed by atoms with E-state index >= 15 is 0 Å². The maximum Gasteiger partial charge on any atom is 0.186 e. The van der Waals surface area contributed by atoms with Gasteiger partial charge >= 0.3 is 0 Å². The Balaban J connectivity index is 2.23. The van der Waals surface area contributed by atoms with Crippen molar-refractivity contribution in [2.24, 2.45) is 0 Å². The summed E-state index contributed by atoms with van der Waals surface area (Å²) in [6, 6.07) is 0.413. The first-order valence-electron chi connectivity index (χ1n) is 6.13. The van der Waals surface area contributed by atoms with Gasteiger partial charge in [0.25, 0.3) is 0 Å². The zero-order valence-electron chi connectivity index (χ0n) is 10.6. The van der Waals surface area contributed by atoms with Crippen molar-refractivity contribution in [1.82, 2.24) is 4.98 Å². The summed E-state index contributed by atoms with van der Waals surface area (Å²) < 4.78 is 5.50. The van der Waals surface area contributed by atoms with E-state index in [1.165, 1.54) is 0 Å². The number of aliphatic hydroxyl groups is 1. The first kappa shape index (κ1) is 12.8. The zero-order chi connectivity index (χ0) is 12.4. The van der Waals surface area contributed by atoms with Gasteiger partial charge in [0.1, 0.15) is 0 Å². The Bertz CT molecular complexity index is 379. The Kier molecular flexibility index (Phi) is 4.01. The number of anilines is 1. The van der Waals surface area contributed by atoms with Crippen molar-refractivity contribution in [1.29, 1.82) is 0 Å². The Labute approximate surface area is 106 Å². The quantitative estimate of drug-likeness (QED) is 0.900. The maximum absolute atomic E-state index is 9.67. The molecule has 96 valence electrons. The standard InChI is InChI=1S/C12H20N2O2S/c1-4-10-7-16-6-5-14(10)12-13-8(2)11(17-12)9(3)15/h9-10,15H,4-7H2,1-3H3. The molecule has 2 unspecified atom stereocenters. The average molecular weight is 256 g/mol. The molecule has 1 aromatic rings. The lowest BCUT2D eigenvalue weighted by Crippen LogP contribution is -2.45. The summed E-state index contributed by atoms with van der Waals surface area (Å²) in [7, 11) is 0. The molecule has 5 heteroatoms. The Morgan fingerprint density at radius 1 is 1.65 bits per heavy atom. The summed E-state index contributed by atoms with van der Waals surface area (Å²) in [4.78, 5) is 7.87. The van der Waals surface area contributed by atoms with Gasteiger partial charge in [-0.05, 0) is 20.3 Å². The number of hydrogen-bond acceptors (Lipinski definition) is 5. The van der Waals surface area contributed by atoms with Crippen molar-refractivity contribution in [3.8, 4) is 0 Å². The minimum Gasteiger partial charge on any atom is -0.388 e. The predicted molar refractivity (Wildman–Crippen MR) is 69.7 cm³/mol. The number of aryl methyl sites for hydroxylation is 1. The topological polar surface area (TPSA) is 45.6 Å². The van der Waals surface area contributed by atoms with E-state index in [2.05, 4.69) is 16.8 Å². The largest absolute Gasteiger partial charge is 0.388 e. The van der Waals surface area contributed by atoms with Crippen LogP contribution in [0.5, 0.6) is 0 Å². The van der Waals surface area contributed by atoms with Crippen LogP contribution in [0, 0.1) is 6.92 Å². The van der Waals surface area contributed by atoms with Crippen LogP contribution < -0.4 is 4.90 Å². The molecule has 0 aromatic carbocycles. The highest BCUT2D eigenvalue weighted by Gasteiger charge is 2.25. The summed E-state index contributed by atoms with van der Waals surface area (Å²) >= 11 is 1.60. The average Bonchev–Trinajstić information content (AvgIpc) is 2.71. The number of nitrogens with zero attached hydrogens (tertiary/aromatic N) is 2. The number of rotatable bonds is 3. The molecule has 0 saturated carbocycles. The van der Waals surface area contributed by atoms with Crippen LogP contribution in [0.4, 0.5) is 5.13 Å². The van der Waals surface area contributed by atoms with Crippen LogP contribution in [0.1, 0.15) is 36.9 Å². The van der Waals surface area contributed by atoms with E-state index in [1.54, 1.807) is 18.3 Å². The maximum atomic E-state index is 9.67. The molecule has 2 atom stereocenters. The second-order valence-corrected chi connectivity index (χ2v) is 5.46. The smallest absolute Gasteiger partial charge is 0.186 e. The third-order valence-electron chi connectivity index (χ3n) is 3.15. The summed E-state index contributed by atoms with van der Waals surface area (Å²) in [5.74, 6) is 0. The Morgan fingerprint density at radius 2 is 2.41 bits per heavy atom. The molecule has 4 nitrogen and oxygen atoms in total. The van der Waals surface area contributed by atoms with Gasteiger partial charge in [-0.2, -0.15) is 0 Å². The number of thiazole rings is 1. The molecule has 1 aromatic heterocycles. The minimum atomic E-state index is -0.428. The van der Waals surface area contributed by atoms with Crippen molar-refractivity contribution < 1.29 is 9.84 Å². The van der Waals surface area contributed by atoms with E-state index in [1.807, 2.05) is 6.92 Å². The van der Waals surface area contributed by atoms with Gasteiger partial charge in [0.2, 0.25) is 0 Å². The molecule has 2 heterocycles. The van der Waals surface area contributed by atoms with E-state index in [0.29, 0.717) is 6.04 Å². The second-order valence-electron chi connectivity index (χ2n) is 4.45. The Hall–Kier alpha value is -0.650. The molecule has 0 radical (unpaired) electrons. The number of aromatic nitrogens is 1. The van der Waals surface area contributed by atoms with Gasteiger partial charge in [0.05, 0.1) is 35.9 Å². The molecule has 0 bridgehead atoms. The first-order chi connectivity index (χ1) is 8.13. The summed E-state index contributed by atoms with van der Waals surface area (Å²) in [6.07, 6.45) is 0.630. The van der Waals surface area contributed by atoms with Crippen molar-refractivity contribution in [3.63, 3.8) is 0 Å². The Morgan fingerprint density at radius 3 is 3.00 bits per heavy atom. The lowest BCUT2D eigenvalue weighted by molar-refractivity contribution is 0.0929. The fourth-order valence-electron chi connectivity index (χ4n) is 2.15. The van der Waals surface area contributed by atoms with Crippen LogP contribution in [-0.2, 0) is 4.74 Å². The van der Waals surface area contributed by atoms with Crippen LogP contribution in [-0.4, -0.2) is 35.9 Å². The molecule has 2 rings (SSSR count). The molecule has 0 aliphatic carbocycles. The third-order valence-corrected chi connectivity index (χ3v) is 4.51. The van der Waals surface area contributed by atoms with Gasteiger partial charge in [0, 0.05) is 6.54 Å². The monoisotopic (exact) mass is 256 g/mol. The highest BCUT2D eigenvalue weighted by atomic mass is 32.1. The van der Waals surface area contributed by atoms with Gasteiger partial charge < -0.3 is 14.7 Å². The molecule has 1 fully saturated rings. The van der Waals surface area contributed by atoms with Crippen molar-refractivity contribution in [3.05, 3.63) is 10.6 Å². The molecular weight excluding hydrogens is 236 g/mol. The normalized spacial score (nSPS) is 22.8. The van der Waals surface area contributed by atoms with Crippen LogP contribution in [0.3, 0.4) is 0 Å². The highest BCUT2D eigenvalue weighted by molar-refractivity contribution is 7.15. The van der Waals surface area contributed by atoms with Crippen molar-refractivity contribution in [2.45, 2.75) is 39.3 Å². The van der Waals surface area contributed by atoms with Gasteiger partial charge in [0.15, 0.2) is 5.13 Å². The van der Waals surface area contributed by atoms with E-state index in [-0.39, 0.29) is 0 Å². The second kappa shape index (κ2) is 5.33. The lowest BCUT2D eigenvalue weighted by Gasteiger charge is -2.34. The van der Waals surface area contributed by atoms with Crippen LogP contribution in [0.15, 0.2) is 0 Å². The molecule has 0 amide bonds. The molecule has 1 saturated heterocycles. The van der Waals surface area contributed by atoms with Gasteiger partial charge in [-0.15, -0.1) is 0 Å². The van der Waals surface area contributed by atoms with Crippen molar-refractivity contribution >= 4 is 16.5 Å². The lowest BCUT2D eigenvalue weighted by atomic mass is 10.2. The highest BCUT2D eigenvalue weighted by Crippen LogP contribution is 2.32. The first-order valence-corrected chi connectivity index (χ1v) is 6.95. The third kappa shape index (κ3) is 2.61. The van der Waals surface area contributed by atoms with E-state index in [0.717, 1.165) is 41.9 Å². The van der Waals surface area contributed by atoms with Crippen LogP contribution >= 0.6 is 11.3 Å². The van der Waals surface area contributed by atoms with Crippen molar-refractivity contribution in [2.75, 3.05) is 24.7 Å². The molecular formula is C12H20N2O2S. The van der Waals surface area contributed by atoms with Crippen LogP contribution in [0.2, 0.25) is 0 Å². The predicted octanol–water partition coefficient (Wildman–Crippen LogP) is 2.12. The number of hydrogen-bond donors (Lipinski definition) is 1. The van der Waals surface area contributed by atoms with Gasteiger partial charge in [-0.1, -0.05) is 18.3 Å². The molecule has 1 aliphatic heterocycles. The summed E-state index contributed by atoms with van der Waals surface area (Å²) in [5, 5.41) is 10.7. The zero-order valence-corrected chi connectivity index (χ0v) is 11.5. The SMILES string of the molecule is CCC1COCCN1c1nc(C)c(C(C)O)s1. The number of aliphatic hydroxyl groups excluding tert-OH is 1. The molecule has 1 aliphatic rings. The number of morpholine rings is 1. The van der Waals surface area contributed by atoms with E-state index in [4.69, 9.17) is 4.74 Å². The van der Waals surface area contributed by atoms with Gasteiger partial charge in [-0.3, -0.25) is 0 Å². The molecule has 1 N–H and O–H groups in total. The summed E-state index contributed by atoms with van der Waals surface area (Å²) in [6.45, 7) is 8.36. The van der Waals surface area contributed by atoms with E-state index in [9.17, 15) is 5.11 Å². The fraction of sp³-hybridized carbons (Fsp3) is 0.750. The molecule has 17 heavy (non-hydrogen) atoms. The fourth-order valence-corrected chi connectivity index (χ4v) is 3.25. The van der Waals surface area contributed by atoms with Crippen LogP contribution in [0.25, 0.3) is 0 Å². The molecule has 0 spiro atoms.